The number of pyridine rings is 1. The van der Waals surface area contributed by atoms with Crippen LogP contribution < -0.4 is 4.74 Å². The number of hydrogen-bond acceptors (Lipinski definition) is 2. The summed E-state index contributed by atoms with van der Waals surface area (Å²) in [6.07, 6.45) is 1.70. The lowest BCUT2D eigenvalue weighted by Crippen LogP contribution is -1.89. The van der Waals surface area contributed by atoms with Gasteiger partial charge in [0, 0.05) is 11.8 Å². The monoisotopic (exact) mass is 203 g/mol. The molecule has 0 radical (unpaired) electrons. The zero-order valence-corrected chi connectivity index (χ0v) is 8.27. The number of rotatable bonds is 2. The van der Waals surface area contributed by atoms with Crippen molar-refractivity contribution in [2.24, 2.45) is 0 Å². The topological polar surface area (TPSA) is 22.1 Å². The first-order chi connectivity index (χ1) is 7.31. The third-order valence-electron chi connectivity index (χ3n) is 2.11. The van der Waals surface area contributed by atoms with Gasteiger partial charge in [0.1, 0.15) is 0 Å². The average molecular weight is 203 g/mol. The molecule has 0 N–H and O–H groups in total. The highest BCUT2D eigenvalue weighted by atomic mass is 19.1. The number of hydrogen-bond donors (Lipinski definition) is 0. The lowest BCUT2D eigenvalue weighted by molar-refractivity contribution is 0.387. The summed E-state index contributed by atoms with van der Waals surface area (Å²) in [5.74, 6) is -0.129. The van der Waals surface area contributed by atoms with Gasteiger partial charge in [-0.25, -0.2) is 4.39 Å². The molecule has 0 aliphatic rings. The highest BCUT2D eigenvalue weighted by molar-refractivity contribution is 5.61. The van der Waals surface area contributed by atoms with Crippen molar-refractivity contribution in [1.29, 1.82) is 0 Å². The number of methoxy groups -OCH3 is 1. The van der Waals surface area contributed by atoms with Crippen molar-refractivity contribution in [3.05, 3.63) is 48.4 Å². The second kappa shape index (κ2) is 4.09. The molecule has 2 nitrogen and oxygen atoms in total. The molecule has 0 spiro atoms. The lowest BCUT2D eigenvalue weighted by Gasteiger charge is -2.04. The Labute approximate surface area is 87.4 Å². The molecule has 0 atom stereocenters. The Morgan fingerprint density at radius 2 is 2.07 bits per heavy atom. The van der Waals surface area contributed by atoms with Crippen molar-refractivity contribution in [3.8, 4) is 17.0 Å². The van der Waals surface area contributed by atoms with Gasteiger partial charge in [0.15, 0.2) is 11.6 Å². The minimum atomic E-state index is -0.364. The van der Waals surface area contributed by atoms with Crippen LogP contribution >= 0.6 is 0 Å². The normalized spacial score (nSPS) is 10.0. The number of aromatic nitrogens is 1. The molecule has 76 valence electrons. The predicted octanol–water partition coefficient (Wildman–Crippen LogP) is 2.90. The smallest absolute Gasteiger partial charge is 0.165 e. The van der Waals surface area contributed by atoms with E-state index in [1.54, 1.807) is 18.3 Å². The van der Waals surface area contributed by atoms with Crippen molar-refractivity contribution in [2.75, 3.05) is 7.11 Å². The Bertz CT molecular complexity index is 456. The highest BCUT2D eigenvalue weighted by Gasteiger charge is 2.05. The first-order valence-electron chi connectivity index (χ1n) is 4.56. The summed E-state index contributed by atoms with van der Waals surface area (Å²) in [7, 11) is 1.45. The Kier molecular flexibility index (Phi) is 2.63. The van der Waals surface area contributed by atoms with Gasteiger partial charge in [-0.15, -0.1) is 0 Å². The maximum absolute atomic E-state index is 13.1. The maximum atomic E-state index is 13.1. The first kappa shape index (κ1) is 9.65. The zero-order valence-electron chi connectivity index (χ0n) is 8.27. The molecule has 1 aromatic heterocycles. The van der Waals surface area contributed by atoms with E-state index in [9.17, 15) is 4.39 Å². The van der Waals surface area contributed by atoms with Crippen LogP contribution in [-0.2, 0) is 0 Å². The van der Waals surface area contributed by atoms with E-state index in [-0.39, 0.29) is 11.6 Å². The minimum Gasteiger partial charge on any atom is -0.494 e. The van der Waals surface area contributed by atoms with Gasteiger partial charge in [-0.05, 0) is 30.3 Å². The summed E-state index contributed by atoms with van der Waals surface area (Å²) in [5, 5.41) is 0. The van der Waals surface area contributed by atoms with Crippen molar-refractivity contribution < 1.29 is 9.13 Å². The summed E-state index contributed by atoms with van der Waals surface area (Å²) in [4.78, 5) is 4.18. The molecule has 0 bridgehead atoms. The number of nitrogens with zero attached hydrogens (tertiary/aromatic N) is 1. The third kappa shape index (κ3) is 1.96. The summed E-state index contributed by atoms with van der Waals surface area (Å²) < 4.78 is 18.0. The molecular formula is C12H10FNO. The molecular weight excluding hydrogens is 193 g/mol. The van der Waals surface area contributed by atoms with Gasteiger partial charge in [-0.2, -0.15) is 0 Å². The molecule has 0 saturated heterocycles. The van der Waals surface area contributed by atoms with Crippen LogP contribution in [0.1, 0.15) is 0 Å². The molecule has 1 aromatic carbocycles. The van der Waals surface area contributed by atoms with Gasteiger partial charge < -0.3 is 4.74 Å². The van der Waals surface area contributed by atoms with E-state index < -0.39 is 0 Å². The van der Waals surface area contributed by atoms with Gasteiger partial charge in [-0.3, -0.25) is 4.98 Å². The van der Waals surface area contributed by atoms with Gasteiger partial charge in [0.25, 0.3) is 0 Å². The Balaban J connectivity index is 2.46. The van der Waals surface area contributed by atoms with Gasteiger partial charge in [0.05, 0.1) is 12.8 Å². The largest absolute Gasteiger partial charge is 0.494 e. The molecule has 0 amide bonds. The van der Waals surface area contributed by atoms with Crippen molar-refractivity contribution in [2.45, 2.75) is 0 Å². The van der Waals surface area contributed by atoms with Gasteiger partial charge in [-0.1, -0.05) is 6.07 Å². The van der Waals surface area contributed by atoms with Crippen LogP contribution in [0, 0.1) is 5.82 Å². The summed E-state index contributed by atoms with van der Waals surface area (Å²) in [6.45, 7) is 0. The maximum Gasteiger partial charge on any atom is 0.165 e. The second-order valence-electron chi connectivity index (χ2n) is 3.06. The van der Waals surface area contributed by atoms with E-state index >= 15 is 0 Å². The minimum absolute atomic E-state index is 0.234. The van der Waals surface area contributed by atoms with Crippen LogP contribution in [0.5, 0.6) is 5.75 Å². The van der Waals surface area contributed by atoms with Crippen molar-refractivity contribution in [1.82, 2.24) is 4.98 Å². The fourth-order valence-electron chi connectivity index (χ4n) is 1.35. The van der Waals surface area contributed by atoms with Gasteiger partial charge >= 0.3 is 0 Å². The number of ether oxygens (including phenoxy) is 1. The molecule has 0 aliphatic carbocycles. The summed E-state index contributed by atoms with van der Waals surface area (Å²) in [6, 6.07) is 10.3. The van der Waals surface area contributed by atoms with E-state index in [4.69, 9.17) is 4.74 Å². The SMILES string of the molecule is COc1cc(-c2ccccn2)ccc1F. The van der Waals surface area contributed by atoms with Crippen LogP contribution in [0.3, 0.4) is 0 Å². The van der Waals surface area contributed by atoms with Crippen LogP contribution in [0.2, 0.25) is 0 Å². The fraction of sp³-hybridized carbons (Fsp3) is 0.0833. The molecule has 0 aliphatic heterocycles. The van der Waals surface area contributed by atoms with E-state index in [0.29, 0.717) is 0 Å². The zero-order chi connectivity index (χ0) is 10.7. The Hall–Kier alpha value is -1.90. The van der Waals surface area contributed by atoms with Crippen LogP contribution in [0.4, 0.5) is 4.39 Å². The lowest BCUT2D eigenvalue weighted by atomic mass is 10.1. The quantitative estimate of drug-likeness (QED) is 0.748. The first-order valence-corrected chi connectivity index (χ1v) is 4.56. The van der Waals surface area contributed by atoms with Crippen molar-refractivity contribution >= 4 is 0 Å². The average Bonchev–Trinajstić information content (AvgIpc) is 2.31. The molecule has 0 unspecified atom stereocenters. The standard InChI is InChI=1S/C12H10FNO/c1-15-12-8-9(5-6-10(12)13)11-4-2-3-7-14-11/h2-8H,1H3. The Morgan fingerprint density at radius 1 is 1.20 bits per heavy atom. The second-order valence-corrected chi connectivity index (χ2v) is 3.06. The molecule has 1 heterocycles. The van der Waals surface area contributed by atoms with Crippen molar-refractivity contribution in [3.63, 3.8) is 0 Å². The van der Waals surface area contributed by atoms with E-state index in [0.717, 1.165) is 11.3 Å². The summed E-state index contributed by atoms with van der Waals surface area (Å²) in [5.41, 5.74) is 1.64. The third-order valence-corrected chi connectivity index (χ3v) is 2.11. The fourth-order valence-corrected chi connectivity index (χ4v) is 1.35. The summed E-state index contributed by atoms with van der Waals surface area (Å²) >= 11 is 0. The molecule has 0 saturated carbocycles. The van der Waals surface area contributed by atoms with E-state index in [1.165, 1.54) is 13.2 Å². The molecule has 15 heavy (non-hydrogen) atoms. The molecule has 3 heteroatoms. The van der Waals surface area contributed by atoms with Crippen LogP contribution in [0.15, 0.2) is 42.6 Å². The number of halogens is 1. The van der Waals surface area contributed by atoms with E-state index in [1.807, 2.05) is 18.2 Å². The van der Waals surface area contributed by atoms with E-state index in [2.05, 4.69) is 4.98 Å². The van der Waals surface area contributed by atoms with Crippen LogP contribution in [0.25, 0.3) is 11.3 Å². The Morgan fingerprint density at radius 3 is 2.73 bits per heavy atom. The molecule has 2 rings (SSSR count). The number of benzene rings is 1. The molecule has 0 fully saturated rings. The molecule has 2 aromatic rings. The predicted molar refractivity (Wildman–Crippen MR) is 56.2 cm³/mol. The highest BCUT2D eigenvalue weighted by Crippen LogP contribution is 2.24. The van der Waals surface area contributed by atoms with Crippen LogP contribution in [-0.4, -0.2) is 12.1 Å². The van der Waals surface area contributed by atoms with Gasteiger partial charge in [0.2, 0.25) is 0 Å².